The van der Waals surface area contributed by atoms with Crippen LogP contribution in [-0.4, -0.2) is 6.54 Å². The van der Waals surface area contributed by atoms with Gasteiger partial charge in [0.1, 0.15) is 0 Å². The third kappa shape index (κ3) is 78.6. The summed E-state index contributed by atoms with van der Waals surface area (Å²) in [5.41, 5.74) is 5.84. The van der Waals surface area contributed by atoms with E-state index in [2.05, 4.69) is 48.5 Å². The van der Waals surface area contributed by atoms with Crippen molar-refractivity contribution in [2.45, 2.75) is 620 Å². The van der Waals surface area contributed by atoms with Crippen LogP contribution in [0.15, 0.2) is 0 Å². The van der Waals surface area contributed by atoms with Crippen LogP contribution < -0.4 is 5.73 Å². The molecule has 1 nitrogen and oxygen atoms in total. The molecule has 0 saturated carbocycles. The van der Waals surface area contributed by atoms with Crippen LogP contribution in [0.25, 0.3) is 0 Å². The lowest BCUT2D eigenvalue weighted by molar-refractivity contribution is 0.207. The first-order valence-electron chi connectivity index (χ1n) is 51.2. The van der Waals surface area contributed by atoms with Crippen molar-refractivity contribution in [1.29, 1.82) is 0 Å². The van der Waals surface area contributed by atoms with E-state index in [-0.39, 0.29) is 0 Å². The molecule has 0 heterocycles. The molecule has 0 aromatic carbocycles. The molecule has 0 spiro atoms. The summed E-state index contributed by atoms with van der Waals surface area (Å²) in [5.74, 6) is 5.81. The maximum atomic E-state index is 5.84. The summed E-state index contributed by atoms with van der Waals surface area (Å²) in [7, 11) is 0. The smallest absolute Gasteiger partial charge is 0.00773 e. The average Bonchev–Trinajstić information content (AvgIpc) is 0.927. The van der Waals surface area contributed by atoms with Crippen molar-refractivity contribution >= 4 is 0 Å². The molecule has 626 valence electrons. The van der Waals surface area contributed by atoms with Crippen molar-refractivity contribution < 1.29 is 0 Å². The van der Waals surface area contributed by atoms with E-state index in [1.54, 1.807) is 89.9 Å². The van der Waals surface area contributed by atoms with Gasteiger partial charge in [-0.2, -0.15) is 0 Å². The van der Waals surface area contributed by atoms with Crippen LogP contribution >= 0.6 is 0 Å². The maximum Gasteiger partial charge on any atom is -0.00773 e. The minimum Gasteiger partial charge on any atom is -0.330 e. The molecule has 0 saturated heterocycles. The molecular weight excluding hydrogens is 1250 g/mol. The molecule has 0 aliphatic heterocycles. The second-order valence-electron chi connectivity index (χ2n) is 36.6. The molecule has 0 aromatic heterocycles. The van der Waals surface area contributed by atoms with Crippen LogP contribution in [0.1, 0.15) is 620 Å². The Balaban J connectivity index is 7.13. The number of unbranched alkanes of at least 4 members (excludes halogenated alkanes) is 67. The zero-order valence-electron chi connectivity index (χ0n) is 74.7. The van der Waals surface area contributed by atoms with Crippen LogP contribution in [0.5, 0.6) is 0 Å². The highest BCUT2D eigenvalue weighted by molar-refractivity contribution is 4.78. The lowest BCUT2D eigenvalue weighted by Crippen LogP contribution is -2.19. The largest absolute Gasteiger partial charge is 0.330 e. The van der Waals surface area contributed by atoms with Gasteiger partial charge in [0.15, 0.2) is 0 Å². The molecule has 0 radical (unpaired) electrons. The van der Waals surface area contributed by atoms with E-state index in [9.17, 15) is 0 Å². The highest BCUT2D eigenvalue weighted by Gasteiger charge is 2.26. The quantitative estimate of drug-likeness (QED) is 0.0604. The van der Waals surface area contributed by atoms with Gasteiger partial charge in [0.25, 0.3) is 0 Å². The van der Waals surface area contributed by atoms with E-state index in [0.717, 1.165) is 42.1 Å². The van der Waals surface area contributed by atoms with Gasteiger partial charge in [0, 0.05) is 0 Å². The molecule has 0 aliphatic carbocycles. The lowest BCUT2D eigenvalue weighted by atomic mass is 9.75. The molecule has 1 heteroatoms. The first kappa shape index (κ1) is 104. The molecule has 0 amide bonds. The van der Waals surface area contributed by atoms with Crippen molar-refractivity contribution in [2.24, 2.45) is 41.2 Å². The van der Waals surface area contributed by atoms with E-state index in [0.29, 0.717) is 0 Å². The van der Waals surface area contributed by atoms with Crippen LogP contribution in [0, 0.1) is 35.5 Å². The monoisotopic (exact) mass is 1460 g/mol. The predicted molar refractivity (Wildman–Crippen MR) is 481 cm³/mol. The number of hydrogen-bond acceptors (Lipinski definition) is 1. The Morgan fingerprint density at radius 2 is 0.231 bits per heavy atom. The predicted octanol–water partition coefficient (Wildman–Crippen LogP) is 38.5. The minimum absolute atomic E-state index is 0.874. The Kier molecular flexibility index (Phi) is 91.8. The molecule has 0 aromatic rings. The van der Waals surface area contributed by atoms with Gasteiger partial charge in [-0.15, -0.1) is 0 Å². The Hall–Kier alpha value is -0.0400. The van der Waals surface area contributed by atoms with Gasteiger partial charge >= 0.3 is 0 Å². The van der Waals surface area contributed by atoms with Gasteiger partial charge in [-0.1, -0.05) is 601 Å². The highest BCUT2D eigenvalue weighted by Crippen LogP contribution is 2.40. The zero-order chi connectivity index (χ0) is 75.1. The van der Waals surface area contributed by atoms with Crippen LogP contribution in [0.4, 0.5) is 0 Å². The van der Waals surface area contributed by atoms with Gasteiger partial charge in [-0.25, -0.2) is 0 Å². The summed E-state index contributed by atoms with van der Waals surface area (Å²) in [4.78, 5) is 0. The van der Waals surface area contributed by atoms with E-state index in [1.165, 1.54) is 482 Å². The second kappa shape index (κ2) is 91.8. The molecule has 5 atom stereocenters. The van der Waals surface area contributed by atoms with Crippen molar-refractivity contribution in [1.82, 2.24) is 0 Å². The normalized spacial score (nSPS) is 13.5. The van der Waals surface area contributed by atoms with Crippen molar-refractivity contribution in [3.63, 3.8) is 0 Å². The van der Waals surface area contributed by atoms with Gasteiger partial charge < -0.3 is 5.73 Å². The SMILES string of the molecule is CCCCCCCCCCCCCC(CCCCCCCCCCCCC)C(CCCCCCCCCC)CCC(CCCCCCCCCC)CCC(CCCCCCCCCC)CCC(CCCCCCCCCC)C(CCCCCCCCCCCCC)CCCCCCCCCCCCN. The minimum atomic E-state index is 0.874. The fourth-order valence-corrected chi connectivity index (χ4v) is 19.1. The summed E-state index contributed by atoms with van der Waals surface area (Å²) in [6.45, 7) is 17.5. The van der Waals surface area contributed by atoms with Crippen molar-refractivity contribution in [3.05, 3.63) is 0 Å². The third-order valence-corrected chi connectivity index (χ3v) is 26.6. The molecule has 104 heavy (non-hydrogen) atoms. The lowest BCUT2D eigenvalue weighted by Gasteiger charge is -2.31. The number of hydrogen-bond donors (Lipinski definition) is 1. The first-order valence-corrected chi connectivity index (χ1v) is 51.2. The van der Waals surface area contributed by atoms with Gasteiger partial charge in [0.05, 0.1) is 0 Å². The van der Waals surface area contributed by atoms with Gasteiger partial charge in [-0.3, -0.25) is 0 Å². The standard InChI is InChI=1S/C103H209N/c1-8-15-22-29-36-43-46-51-60-67-76-85-100(86-77-68-61-52-47-44-37-30-23-16-9-2)102(89-80-71-58-41-34-27-20-13-6)95-93-98(83-74-65-56-39-32-25-18-11-4)91-92-99(84-75-66-57-40-33-26-19-12-5)94-96-103(90-81-72-59-42-35-28-21-14-7)101(87-78-69-62-53-48-45-38-31-24-17-10-3)88-79-70-63-54-49-50-55-64-73-82-97-104/h98-103H,8-97,104H2,1-7H3. The fraction of sp³-hybridized carbons (Fsp3) is 1.00. The molecule has 5 unspecified atom stereocenters. The Morgan fingerprint density at radius 1 is 0.115 bits per heavy atom. The summed E-state index contributed by atoms with van der Waals surface area (Å²) in [6.07, 6.45) is 132. The van der Waals surface area contributed by atoms with E-state index < -0.39 is 0 Å². The van der Waals surface area contributed by atoms with Crippen molar-refractivity contribution in [2.75, 3.05) is 6.54 Å². The topological polar surface area (TPSA) is 26.0 Å². The van der Waals surface area contributed by atoms with E-state index in [1.807, 2.05) is 0 Å². The summed E-state index contributed by atoms with van der Waals surface area (Å²) in [6, 6.07) is 0. The van der Waals surface area contributed by atoms with Crippen LogP contribution in [0.3, 0.4) is 0 Å². The zero-order valence-corrected chi connectivity index (χ0v) is 74.7. The molecule has 0 rings (SSSR count). The summed E-state index contributed by atoms with van der Waals surface area (Å²) >= 11 is 0. The van der Waals surface area contributed by atoms with E-state index in [4.69, 9.17) is 5.73 Å². The number of rotatable bonds is 95. The number of nitrogens with two attached hydrogens (primary N) is 1. The first-order chi connectivity index (χ1) is 51.5. The van der Waals surface area contributed by atoms with Gasteiger partial charge in [-0.05, 0) is 61.3 Å². The Labute approximate surface area is 663 Å². The Morgan fingerprint density at radius 3 is 0.385 bits per heavy atom. The second-order valence-corrected chi connectivity index (χ2v) is 36.6. The van der Waals surface area contributed by atoms with Crippen molar-refractivity contribution in [3.8, 4) is 0 Å². The summed E-state index contributed by atoms with van der Waals surface area (Å²) in [5, 5.41) is 0. The average molecular weight is 1460 g/mol. The third-order valence-electron chi connectivity index (χ3n) is 26.6. The summed E-state index contributed by atoms with van der Waals surface area (Å²) < 4.78 is 0. The maximum absolute atomic E-state index is 5.84. The Bertz CT molecular complexity index is 1310. The van der Waals surface area contributed by atoms with Crippen LogP contribution in [0.2, 0.25) is 0 Å². The highest BCUT2D eigenvalue weighted by atomic mass is 14.5. The molecule has 0 fully saturated rings. The molecular formula is C103H209N. The van der Waals surface area contributed by atoms with Gasteiger partial charge in [0.2, 0.25) is 0 Å². The fourth-order valence-electron chi connectivity index (χ4n) is 19.1. The molecule has 0 aliphatic rings. The molecule has 2 N–H and O–H groups in total. The van der Waals surface area contributed by atoms with Crippen LogP contribution in [-0.2, 0) is 0 Å². The van der Waals surface area contributed by atoms with E-state index >= 15 is 0 Å². The molecule has 0 bridgehead atoms.